The van der Waals surface area contributed by atoms with Gasteiger partial charge in [0.2, 0.25) is 0 Å². The number of carbonyl (C=O) groups is 1. The summed E-state index contributed by atoms with van der Waals surface area (Å²) in [5.41, 5.74) is 0. The van der Waals surface area contributed by atoms with E-state index >= 15 is 0 Å². The summed E-state index contributed by atoms with van der Waals surface area (Å²) >= 11 is 0. The molecule has 5 nitrogen and oxygen atoms in total. The minimum atomic E-state index is -0.296. The van der Waals surface area contributed by atoms with E-state index in [1.165, 1.54) is 7.11 Å². The second-order valence-electron chi connectivity index (χ2n) is 3.84. The van der Waals surface area contributed by atoms with Crippen LogP contribution in [-0.4, -0.2) is 33.4 Å². The highest BCUT2D eigenvalue weighted by atomic mass is 16.5. The normalized spacial score (nSPS) is 9.84. The number of rotatable bonds is 8. The third kappa shape index (κ3) is 5.07. The highest BCUT2D eigenvalue weighted by Crippen LogP contribution is 2.31. The Labute approximate surface area is 113 Å². The second-order valence-corrected chi connectivity index (χ2v) is 3.84. The van der Waals surface area contributed by atoms with Crippen LogP contribution >= 0.6 is 0 Å². The lowest BCUT2D eigenvalue weighted by Crippen LogP contribution is -2.07. The zero-order chi connectivity index (χ0) is 14.1. The summed E-state index contributed by atoms with van der Waals surface area (Å²) in [7, 11) is 2.93. The highest BCUT2D eigenvalue weighted by molar-refractivity contribution is 5.69. The van der Waals surface area contributed by atoms with Crippen molar-refractivity contribution in [3.63, 3.8) is 0 Å². The van der Waals surface area contributed by atoms with Crippen molar-refractivity contribution in [2.24, 2.45) is 0 Å². The summed E-state index contributed by atoms with van der Waals surface area (Å²) in [5, 5.41) is 0. The second kappa shape index (κ2) is 8.24. The number of ether oxygens (including phenoxy) is 4. The van der Waals surface area contributed by atoms with Crippen molar-refractivity contribution in [3.8, 4) is 17.2 Å². The molecule has 0 aliphatic heterocycles. The molecule has 0 spiro atoms. The molecule has 0 radical (unpaired) electrons. The highest BCUT2D eigenvalue weighted by Gasteiger charge is 2.07. The Balaban J connectivity index is 2.58. The van der Waals surface area contributed by atoms with Gasteiger partial charge in [0.05, 0.1) is 33.9 Å². The molecule has 0 N–H and O–H groups in total. The van der Waals surface area contributed by atoms with Crippen molar-refractivity contribution in [2.45, 2.75) is 19.8 Å². The number of hydrogen-bond donors (Lipinski definition) is 0. The van der Waals surface area contributed by atoms with E-state index in [4.69, 9.17) is 14.2 Å². The minimum absolute atomic E-state index is 0.215. The van der Waals surface area contributed by atoms with Crippen molar-refractivity contribution < 1.29 is 23.7 Å². The quantitative estimate of drug-likeness (QED) is 0.678. The molecule has 0 bridgehead atoms. The van der Waals surface area contributed by atoms with E-state index in [1.54, 1.807) is 25.3 Å². The maximum atomic E-state index is 11.0. The van der Waals surface area contributed by atoms with Gasteiger partial charge in [-0.2, -0.15) is 0 Å². The minimum Gasteiger partial charge on any atom is -0.493 e. The molecule has 19 heavy (non-hydrogen) atoms. The molecule has 0 fully saturated rings. The van der Waals surface area contributed by atoms with Crippen molar-refractivity contribution in [2.75, 3.05) is 27.4 Å². The maximum Gasteiger partial charge on any atom is 0.308 e. The Morgan fingerprint density at radius 2 is 1.89 bits per heavy atom. The Morgan fingerprint density at radius 3 is 2.53 bits per heavy atom. The number of benzene rings is 1. The van der Waals surface area contributed by atoms with Crippen LogP contribution in [-0.2, 0) is 9.53 Å². The maximum absolute atomic E-state index is 11.0. The smallest absolute Gasteiger partial charge is 0.308 e. The fraction of sp³-hybridized carbons (Fsp3) is 0.500. The molecule has 0 saturated heterocycles. The van der Waals surface area contributed by atoms with Crippen LogP contribution in [0, 0.1) is 0 Å². The molecule has 1 aromatic rings. The molecule has 0 aliphatic carbocycles. The molecule has 1 aromatic carbocycles. The Morgan fingerprint density at radius 1 is 1.11 bits per heavy atom. The first-order valence-electron chi connectivity index (χ1n) is 6.21. The Bertz CT molecular complexity index is 403. The van der Waals surface area contributed by atoms with E-state index in [-0.39, 0.29) is 19.0 Å². The van der Waals surface area contributed by atoms with Gasteiger partial charge in [-0.1, -0.05) is 6.92 Å². The largest absolute Gasteiger partial charge is 0.493 e. The molecule has 0 heterocycles. The van der Waals surface area contributed by atoms with Crippen molar-refractivity contribution >= 4 is 5.97 Å². The van der Waals surface area contributed by atoms with E-state index in [1.807, 2.05) is 6.92 Å². The van der Waals surface area contributed by atoms with Crippen molar-refractivity contribution in [1.82, 2.24) is 0 Å². The predicted octanol–water partition coefficient (Wildman–Crippen LogP) is 2.43. The van der Waals surface area contributed by atoms with Crippen LogP contribution in [0.3, 0.4) is 0 Å². The van der Waals surface area contributed by atoms with Gasteiger partial charge < -0.3 is 18.9 Å². The summed E-state index contributed by atoms with van der Waals surface area (Å²) < 4.78 is 20.7. The summed E-state index contributed by atoms with van der Waals surface area (Å²) in [6.45, 7) is 2.95. The lowest BCUT2D eigenvalue weighted by molar-refractivity contribution is -0.141. The first-order valence-corrected chi connectivity index (χ1v) is 6.21. The standard InChI is InChI=1S/C14H20O5/c1-4-8-19-12-6-5-11(10-13(12)16-2)18-9-7-14(15)17-3/h5-6,10H,4,7-9H2,1-3H3. The van der Waals surface area contributed by atoms with Gasteiger partial charge in [0, 0.05) is 6.07 Å². The molecule has 5 heteroatoms. The van der Waals surface area contributed by atoms with E-state index in [9.17, 15) is 4.79 Å². The van der Waals surface area contributed by atoms with Gasteiger partial charge in [-0.05, 0) is 18.6 Å². The topological polar surface area (TPSA) is 54.0 Å². The monoisotopic (exact) mass is 268 g/mol. The molecule has 1 rings (SSSR count). The average Bonchev–Trinajstić information content (AvgIpc) is 2.45. The molecule has 0 atom stereocenters. The number of methoxy groups -OCH3 is 2. The molecular weight excluding hydrogens is 248 g/mol. The van der Waals surface area contributed by atoms with Gasteiger partial charge in [0.15, 0.2) is 11.5 Å². The molecule has 0 amide bonds. The lowest BCUT2D eigenvalue weighted by Gasteiger charge is -2.12. The van der Waals surface area contributed by atoms with Crippen LogP contribution in [0.4, 0.5) is 0 Å². The van der Waals surface area contributed by atoms with Gasteiger partial charge in [-0.15, -0.1) is 0 Å². The summed E-state index contributed by atoms with van der Waals surface area (Å²) in [5.74, 6) is 1.63. The van der Waals surface area contributed by atoms with Gasteiger partial charge in [-0.25, -0.2) is 0 Å². The SMILES string of the molecule is CCCOc1ccc(OCCC(=O)OC)cc1OC. The van der Waals surface area contributed by atoms with Crippen LogP contribution in [0.1, 0.15) is 19.8 Å². The fourth-order valence-electron chi connectivity index (χ4n) is 1.42. The molecule has 0 aliphatic rings. The van der Waals surface area contributed by atoms with Gasteiger partial charge >= 0.3 is 5.97 Å². The third-order valence-corrected chi connectivity index (χ3v) is 2.40. The lowest BCUT2D eigenvalue weighted by atomic mass is 10.3. The third-order valence-electron chi connectivity index (χ3n) is 2.40. The van der Waals surface area contributed by atoms with Crippen LogP contribution in [0.5, 0.6) is 17.2 Å². The van der Waals surface area contributed by atoms with E-state index in [2.05, 4.69) is 4.74 Å². The molecule has 106 valence electrons. The summed E-state index contributed by atoms with van der Waals surface area (Å²) in [6, 6.07) is 5.31. The van der Waals surface area contributed by atoms with Crippen LogP contribution < -0.4 is 14.2 Å². The molecule has 0 aromatic heterocycles. The number of esters is 1. The zero-order valence-electron chi connectivity index (χ0n) is 11.6. The molecular formula is C14H20O5. The average molecular weight is 268 g/mol. The van der Waals surface area contributed by atoms with Crippen molar-refractivity contribution in [1.29, 1.82) is 0 Å². The van der Waals surface area contributed by atoms with Crippen LogP contribution in [0.15, 0.2) is 18.2 Å². The first kappa shape index (κ1) is 15.1. The Hall–Kier alpha value is -1.91. The number of carbonyl (C=O) groups excluding carboxylic acids is 1. The van der Waals surface area contributed by atoms with E-state index in [0.717, 1.165) is 6.42 Å². The molecule has 0 saturated carbocycles. The summed E-state index contributed by atoms with van der Waals surface area (Å²) in [4.78, 5) is 11.0. The van der Waals surface area contributed by atoms with Crippen LogP contribution in [0.25, 0.3) is 0 Å². The predicted molar refractivity (Wildman–Crippen MR) is 70.9 cm³/mol. The molecule has 0 unspecified atom stereocenters. The zero-order valence-corrected chi connectivity index (χ0v) is 11.6. The van der Waals surface area contributed by atoms with Crippen molar-refractivity contribution in [3.05, 3.63) is 18.2 Å². The fourth-order valence-corrected chi connectivity index (χ4v) is 1.42. The summed E-state index contributed by atoms with van der Waals surface area (Å²) in [6.07, 6.45) is 1.15. The Kier molecular flexibility index (Phi) is 6.57. The number of hydrogen-bond acceptors (Lipinski definition) is 5. The van der Waals surface area contributed by atoms with Crippen LogP contribution in [0.2, 0.25) is 0 Å². The van der Waals surface area contributed by atoms with E-state index < -0.39 is 0 Å². The van der Waals surface area contributed by atoms with Gasteiger partial charge in [-0.3, -0.25) is 4.79 Å². The van der Waals surface area contributed by atoms with E-state index in [0.29, 0.717) is 23.9 Å². The first-order chi connectivity index (χ1) is 9.21. The van der Waals surface area contributed by atoms with Gasteiger partial charge in [0.1, 0.15) is 5.75 Å². The van der Waals surface area contributed by atoms with Gasteiger partial charge in [0.25, 0.3) is 0 Å².